The van der Waals surface area contributed by atoms with E-state index < -0.39 is 0 Å². The maximum atomic E-state index is 13.0. The smallest absolute Gasteiger partial charge is 0.257 e. The molecule has 0 bridgehead atoms. The van der Waals surface area contributed by atoms with Crippen molar-refractivity contribution < 1.29 is 4.79 Å². The molecule has 0 atom stereocenters. The van der Waals surface area contributed by atoms with E-state index in [2.05, 4.69) is 30.0 Å². The molecular formula is C20H26N4O. The first-order valence-electron chi connectivity index (χ1n) is 9.09. The van der Waals surface area contributed by atoms with Gasteiger partial charge in [-0.1, -0.05) is 26.0 Å². The quantitative estimate of drug-likeness (QED) is 0.831. The van der Waals surface area contributed by atoms with E-state index in [0.717, 1.165) is 42.8 Å². The lowest BCUT2D eigenvalue weighted by Gasteiger charge is -2.27. The number of amides is 1. The van der Waals surface area contributed by atoms with E-state index >= 15 is 0 Å². The summed E-state index contributed by atoms with van der Waals surface area (Å²) in [5.74, 6) is 0.0660. The lowest BCUT2D eigenvalue weighted by molar-refractivity contribution is 0.0773. The number of pyridine rings is 1. The molecule has 1 aliphatic rings. The van der Waals surface area contributed by atoms with Gasteiger partial charge in [-0.15, -0.1) is 0 Å². The van der Waals surface area contributed by atoms with E-state index in [-0.39, 0.29) is 5.91 Å². The van der Waals surface area contributed by atoms with Crippen LogP contribution in [0.1, 0.15) is 60.9 Å². The highest BCUT2D eigenvalue weighted by Gasteiger charge is 2.25. The normalized spacial score (nSPS) is 14.7. The van der Waals surface area contributed by atoms with Gasteiger partial charge in [0.1, 0.15) is 0 Å². The Hall–Kier alpha value is -2.43. The van der Waals surface area contributed by atoms with Crippen molar-refractivity contribution in [1.82, 2.24) is 19.7 Å². The third-order valence-electron chi connectivity index (χ3n) is 5.00. The topological polar surface area (TPSA) is 51.0 Å². The van der Waals surface area contributed by atoms with Gasteiger partial charge in [-0.25, -0.2) is 0 Å². The van der Waals surface area contributed by atoms with Gasteiger partial charge in [0.2, 0.25) is 0 Å². The molecule has 1 amide bonds. The SMILES string of the molecule is CCC(CC)n1ncc(C(=O)N2CCC=C(c3ccccn3)C2)c1C. The van der Waals surface area contributed by atoms with Crippen LogP contribution in [0.25, 0.3) is 5.57 Å². The molecule has 2 aromatic heterocycles. The van der Waals surface area contributed by atoms with Crippen LogP contribution in [0.15, 0.2) is 36.7 Å². The summed E-state index contributed by atoms with van der Waals surface area (Å²) in [5, 5.41) is 4.49. The van der Waals surface area contributed by atoms with Crippen molar-refractivity contribution >= 4 is 11.5 Å². The average Bonchev–Trinajstić information content (AvgIpc) is 3.04. The molecule has 0 aliphatic carbocycles. The van der Waals surface area contributed by atoms with Crippen molar-refractivity contribution in [2.24, 2.45) is 0 Å². The van der Waals surface area contributed by atoms with Crippen molar-refractivity contribution in [2.75, 3.05) is 13.1 Å². The monoisotopic (exact) mass is 338 g/mol. The number of nitrogens with zero attached hydrogens (tertiary/aromatic N) is 4. The molecule has 5 nitrogen and oxygen atoms in total. The van der Waals surface area contributed by atoms with Gasteiger partial charge in [-0.3, -0.25) is 14.5 Å². The zero-order chi connectivity index (χ0) is 17.8. The summed E-state index contributed by atoms with van der Waals surface area (Å²) in [4.78, 5) is 19.4. The Balaban J connectivity index is 1.79. The molecule has 132 valence electrons. The first-order valence-corrected chi connectivity index (χ1v) is 9.09. The van der Waals surface area contributed by atoms with Crippen molar-refractivity contribution in [3.8, 4) is 0 Å². The summed E-state index contributed by atoms with van der Waals surface area (Å²) in [7, 11) is 0. The Labute approximate surface area is 149 Å². The third-order valence-corrected chi connectivity index (χ3v) is 5.00. The molecular weight excluding hydrogens is 312 g/mol. The van der Waals surface area contributed by atoms with Crippen molar-refractivity contribution in [2.45, 2.75) is 46.1 Å². The molecule has 0 aromatic carbocycles. The molecule has 0 radical (unpaired) electrons. The first-order chi connectivity index (χ1) is 12.2. The van der Waals surface area contributed by atoms with E-state index in [1.54, 1.807) is 12.4 Å². The summed E-state index contributed by atoms with van der Waals surface area (Å²) in [6, 6.07) is 6.24. The van der Waals surface area contributed by atoms with Gasteiger partial charge in [-0.2, -0.15) is 5.10 Å². The predicted octanol–water partition coefficient (Wildman–Crippen LogP) is 3.88. The molecule has 0 spiro atoms. The molecule has 3 rings (SSSR count). The number of hydrogen-bond acceptors (Lipinski definition) is 3. The van der Waals surface area contributed by atoms with Gasteiger partial charge >= 0.3 is 0 Å². The van der Waals surface area contributed by atoms with Gasteiger partial charge < -0.3 is 4.90 Å². The van der Waals surface area contributed by atoms with E-state index in [4.69, 9.17) is 0 Å². The molecule has 25 heavy (non-hydrogen) atoms. The van der Waals surface area contributed by atoms with E-state index in [9.17, 15) is 4.79 Å². The van der Waals surface area contributed by atoms with Gasteiger partial charge in [0, 0.05) is 25.0 Å². The summed E-state index contributed by atoms with van der Waals surface area (Å²) in [5.41, 5.74) is 3.75. The lowest BCUT2D eigenvalue weighted by atomic mass is 10.0. The zero-order valence-electron chi connectivity index (χ0n) is 15.3. The van der Waals surface area contributed by atoms with Crippen LogP contribution in [0.4, 0.5) is 0 Å². The molecule has 0 saturated heterocycles. The fourth-order valence-electron chi connectivity index (χ4n) is 3.46. The lowest BCUT2D eigenvalue weighted by Crippen LogP contribution is -2.35. The molecule has 5 heteroatoms. The van der Waals surface area contributed by atoms with Crippen LogP contribution < -0.4 is 0 Å². The maximum Gasteiger partial charge on any atom is 0.257 e. The molecule has 2 aromatic rings. The summed E-state index contributed by atoms with van der Waals surface area (Å²) >= 11 is 0. The predicted molar refractivity (Wildman–Crippen MR) is 99.3 cm³/mol. The summed E-state index contributed by atoms with van der Waals surface area (Å²) in [6.07, 6.45) is 8.60. The van der Waals surface area contributed by atoms with Crippen molar-refractivity contribution in [1.29, 1.82) is 0 Å². The van der Waals surface area contributed by atoms with Crippen LogP contribution in [0.2, 0.25) is 0 Å². The standard InChI is InChI=1S/C20H26N4O/c1-4-17(5-2)24-15(3)18(13-22-24)20(25)23-12-8-9-16(14-23)19-10-6-7-11-21-19/h6-7,9-11,13,17H,4-5,8,12,14H2,1-3H3. The minimum atomic E-state index is 0.0660. The third kappa shape index (κ3) is 3.50. The Morgan fingerprint density at radius 3 is 2.76 bits per heavy atom. The Morgan fingerprint density at radius 1 is 1.28 bits per heavy atom. The van der Waals surface area contributed by atoms with Crippen LogP contribution in [0.5, 0.6) is 0 Å². The van der Waals surface area contributed by atoms with Crippen LogP contribution in [-0.4, -0.2) is 38.7 Å². The van der Waals surface area contributed by atoms with E-state index in [0.29, 0.717) is 18.2 Å². The fourth-order valence-corrected chi connectivity index (χ4v) is 3.46. The second-order valence-electron chi connectivity index (χ2n) is 6.52. The minimum Gasteiger partial charge on any atom is -0.334 e. The van der Waals surface area contributed by atoms with E-state index in [1.165, 1.54) is 0 Å². The Morgan fingerprint density at radius 2 is 2.08 bits per heavy atom. The van der Waals surface area contributed by atoms with Crippen LogP contribution in [0, 0.1) is 6.92 Å². The number of rotatable bonds is 5. The van der Waals surface area contributed by atoms with E-state index in [1.807, 2.05) is 34.7 Å². The average molecular weight is 338 g/mol. The van der Waals surface area contributed by atoms with Gasteiger partial charge in [-0.05, 0) is 43.9 Å². The Bertz CT molecular complexity index is 759. The van der Waals surface area contributed by atoms with Gasteiger partial charge in [0.15, 0.2) is 0 Å². The van der Waals surface area contributed by atoms with Gasteiger partial charge in [0.05, 0.1) is 23.5 Å². The Kier molecular flexibility index (Phi) is 5.31. The summed E-state index contributed by atoms with van der Waals surface area (Å²) < 4.78 is 2.01. The highest BCUT2D eigenvalue weighted by Crippen LogP contribution is 2.23. The van der Waals surface area contributed by atoms with Crippen LogP contribution in [0.3, 0.4) is 0 Å². The molecule has 0 fully saturated rings. The second kappa shape index (κ2) is 7.64. The highest BCUT2D eigenvalue weighted by atomic mass is 16.2. The largest absolute Gasteiger partial charge is 0.334 e. The number of aromatic nitrogens is 3. The molecule has 1 aliphatic heterocycles. The van der Waals surface area contributed by atoms with Crippen LogP contribution in [-0.2, 0) is 0 Å². The first kappa shape index (κ1) is 17.4. The fraction of sp³-hybridized carbons (Fsp3) is 0.450. The number of carbonyl (C=O) groups is 1. The zero-order valence-corrected chi connectivity index (χ0v) is 15.3. The van der Waals surface area contributed by atoms with Crippen LogP contribution >= 0.6 is 0 Å². The number of hydrogen-bond donors (Lipinski definition) is 0. The van der Waals surface area contributed by atoms with Gasteiger partial charge in [0.25, 0.3) is 5.91 Å². The van der Waals surface area contributed by atoms with Crippen molar-refractivity contribution in [3.05, 3.63) is 53.6 Å². The minimum absolute atomic E-state index is 0.0660. The number of carbonyl (C=O) groups excluding carboxylic acids is 1. The summed E-state index contributed by atoms with van der Waals surface area (Å²) in [6.45, 7) is 7.66. The highest BCUT2D eigenvalue weighted by molar-refractivity contribution is 5.96. The molecule has 0 N–H and O–H groups in total. The molecule has 0 unspecified atom stereocenters. The molecule has 0 saturated carbocycles. The maximum absolute atomic E-state index is 13.0. The second-order valence-corrected chi connectivity index (χ2v) is 6.52. The molecule has 3 heterocycles. The van der Waals surface area contributed by atoms with Crippen molar-refractivity contribution in [3.63, 3.8) is 0 Å².